The van der Waals surface area contributed by atoms with Gasteiger partial charge in [0.1, 0.15) is 6.07 Å². The van der Waals surface area contributed by atoms with Crippen LogP contribution in [0.4, 0.5) is 0 Å². The first-order chi connectivity index (χ1) is 15.2. The lowest BCUT2D eigenvalue weighted by Crippen LogP contribution is -2.37. The molecule has 158 valence electrons. The van der Waals surface area contributed by atoms with Crippen LogP contribution in [0.2, 0.25) is 0 Å². The minimum absolute atomic E-state index is 0.537. The Balaban J connectivity index is 1.20. The maximum absolute atomic E-state index is 11.7. The molecule has 0 bridgehead atoms. The summed E-state index contributed by atoms with van der Waals surface area (Å²) < 4.78 is 5.61. The van der Waals surface area contributed by atoms with Gasteiger partial charge in [0.15, 0.2) is 11.9 Å². The SMILES string of the molecule is N#CC1=CCC(CN2CCC(CCc3noc4c(C=O)c5ccccc5cc34)CC2)S1. The molecule has 0 amide bonds. The molecule has 1 aromatic heterocycles. The topological polar surface area (TPSA) is 70.1 Å². The minimum atomic E-state index is 0.537. The molecule has 3 heterocycles. The van der Waals surface area contributed by atoms with E-state index in [0.717, 1.165) is 71.9 Å². The van der Waals surface area contributed by atoms with Gasteiger partial charge in [-0.25, -0.2) is 0 Å². The van der Waals surface area contributed by atoms with E-state index in [9.17, 15) is 4.79 Å². The predicted octanol–water partition coefficient (Wildman–Crippen LogP) is 5.35. The summed E-state index contributed by atoms with van der Waals surface area (Å²) >= 11 is 1.73. The van der Waals surface area contributed by atoms with E-state index in [0.29, 0.717) is 22.3 Å². The van der Waals surface area contributed by atoms with Crippen LogP contribution in [0.5, 0.6) is 0 Å². The molecule has 0 saturated carbocycles. The highest BCUT2D eigenvalue weighted by atomic mass is 32.2. The molecular formula is C25H25N3O2S. The first kappa shape index (κ1) is 20.3. The van der Waals surface area contributed by atoms with Crippen LogP contribution in [-0.2, 0) is 6.42 Å². The lowest BCUT2D eigenvalue weighted by molar-refractivity contribution is 0.112. The third-order valence-corrected chi connectivity index (χ3v) is 7.83. The second-order valence-electron chi connectivity index (χ2n) is 8.57. The second kappa shape index (κ2) is 8.86. The summed E-state index contributed by atoms with van der Waals surface area (Å²) in [5, 5.41) is 16.8. The summed E-state index contributed by atoms with van der Waals surface area (Å²) in [5.74, 6) is 0.693. The quantitative estimate of drug-likeness (QED) is 0.490. The summed E-state index contributed by atoms with van der Waals surface area (Å²) in [5.41, 5.74) is 2.17. The zero-order valence-electron chi connectivity index (χ0n) is 17.4. The Morgan fingerprint density at radius 1 is 1.26 bits per heavy atom. The van der Waals surface area contributed by atoms with Gasteiger partial charge in [0.05, 0.1) is 16.2 Å². The van der Waals surface area contributed by atoms with Crippen LogP contribution in [0.3, 0.4) is 0 Å². The molecule has 0 aliphatic carbocycles. The van der Waals surface area contributed by atoms with E-state index >= 15 is 0 Å². The number of rotatable bonds is 6. The van der Waals surface area contributed by atoms with Gasteiger partial charge in [-0.15, -0.1) is 11.8 Å². The fraction of sp³-hybridized carbons (Fsp3) is 0.400. The predicted molar refractivity (Wildman–Crippen MR) is 124 cm³/mol. The van der Waals surface area contributed by atoms with Gasteiger partial charge in [-0.1, -0.05) is 35.5 Å². The fourth-order valence-electron chi connectivity index (χ4n) is 4.90. The van der Waals surface area contributed by atoms with E-state index in [1.807, 2.05) is 24.3 Å². The number of fused-ring (bicyclic) bond motifs is 2. The molecule has 5 nitrogen and oxygen atoms in total. The van der Waals surface area contributed by atoms with Gasteiger partial charge in [-0.3, -0.25) is 4.79 Å². The molecule has 1 fully saturated rings. The lowest BCUT2D eigenvalue weighted by Gasteiger charge is -2.33. The Bertz CT molecular complexity index is 1180. The third kappa shape index (κ3) is 4.13. The van der Waals surface area contributed by atoms with Crippen molar-refractivity contribution in [3.05, 3.63) is 52.6 Å². The second-order valence-corrected chi connectivity index (χ2v) is 9.92. The lowest BCUT2D eigenvalue weighted by atomic mass is 9.90. The Labute approximate surface area is 186 Å². The number of carbonyl (C=O) groups is 1. The van der Waals surface area contributed by atoms with Gasteiger partial charge in [-0.05, 0) is 68.0 Å². The number of thioether (sulfide) groups is 1. The molecule has 3 aromatic rings. The summed E-state index contributed by atoms with van der Waals surface area (Å²) in [6.07, 6.45) is 8.35. The van der Waals surface area contributed by atoms with Crippen LogP contribution in [0, 0.1) is 17.2 Å². The number of hydrogen-bond donors (Lipinski definition) is 0. The van der Waals surface area contributed by atoms with Gasteiger partial charge in [-0.2, -0.15) is 5.26 Å². The number of nitrogens with zero attached hydrogens (tertiary/aromatic N) is 3. The molecular weight excluding hydrogens is 406 g/mol. The van der Waals surface area contributed by atoms with Gasteiger partial charge in [0.25, 0.3) is 0 Å². The summed E-state index contributed by atoms with van der Waals surface area (Å²) in [4.78, 5) is 15.2. The summed E-state index contributed by atoms with van der Waals surface area (Å²) in [6.45, 7) is 3.33. The number of carbonyl (C=O) groups excluding carboxylic acids is 1. The number of hydrogen-bond acceptors (Lipinski definition) is 6. The molecule has 5 rings (SSSR count). The van der Waals surface area contributed by atoms with Crippen molar-refractivity contribution in [1.29, 1.82) is 5.26 Å². The number of piperidine rings is 1. The molecule has 1 unspecified atom stereocenters. The van der Waals surface area contributed by atoms with Crippen molar-refractivity contribution in [2.24, 2.45) is 5.92 Å². The van der Waals surface area contributed by atoms with Crippen molar-refractivity contribution in [3.63, 3.8) is 0 Å². The van der Waals surface area contributed by atoms with Crippen LogP contribution in [0.25, 0.3) is 21.7 Å². The van der Waals surface area contributed by atoms with Gasteiger partial charge >= 0.3 is 0 Å². The Morgan fingerprint density at radius 2 is 2.10 bits per heavy atom. The van der Waals surface area contributed by atoms with E-state index < -0.39 is 0 Å². The van der Waals surface area contributed by atoms with Crippen molar-refractivity contribution in [3.8, 4) is 6.07 Å². The molecule has 2 aliphatic rings. The van der Waals surface area contributed by atoms with Crippen LogP contribution in [-0.4, -0.2) is 41.2 Å². The fourth-order valence-corrected chi connectivity index (χ4v) is 5.98. The standard InChI is InChI=1S/C25H25N3O2S/c26-14-19-6-7-20(31-19)15-28-11-9-17(10-12-28)5-8-24-22-13-18-3-1-2-4-21(18)23(16-29)25(22)30-27-24/h1-4,6,13,16-17,20H,5,7-12,15H2. The van der Waals surface area contributed by atoms with Gasteiger partial charge in [0.2, 0.25) is 0 Å². The highest BCUT2D eigenvalue weighted by Crippen LogP contribution is 2.34. The number of aryl methyl sites for hydroxylation is 1. The monoisotopic (exact) mass is 431 g/mol. The van der Waals surface area contributed by atoms with Crippen molar-refractivity contribution in [1.82, 2.24) is 10.1 Å². The highest BCUT2D eigenvalue weighted by Gasteiger charge is 2.25. The summed E-state index contributed by atoms with van der Waals surface area (Å²) in [7, 11) is 0. The molecule has 0 radical (unpaired) electrons. The first-order valence-corrected chi connectivity index (χ1v) is 11.9. The molecule has 1 atom stereocenters. The van der Waals surface area contributed by atoms with Crippen LogP contribution < -0.4 is 0 Å². The minimum Gasteiger partial charge on any atom is -0.355 e. The van der Waals surface area contributed by atoms with E-state index in [-0.39, 0.29) is 0 Å². The van der Waals surface area contributed by atoms with Crippen LogP contribution in [0.15, 0.2) is 45.8 Å². The van der Waals surface area contributed by atoms with Crippen molar-refractivity contribution in [2.45, 2.75) is 37.4 Å². The molecule has 1 saturated heterocycles. The van der Waals surface area contributed by atoms with Gasteiger partial charge < -0.3 is 9.42 Å². The molecule has 6 heteroatoms. The molecule has 0 spiro atoms. The van der Waals surface area contributed by atoms with E-state index in [4.69, 9.17) is 9.78 Å². The third-order valence-electron chi connectivity index (χ3n) is 6.64. The summed E-state index contributed by atoms with van der Waals surface area (Å²) in [6, 6.07) is 12.3. The Kier molecular flexibility index (Phi) is 5.80. The largest absolute Gasteiger partial charge is 0.355 e. The van der Waals surface area contributed by atoms with Crippen LogP contribution >= 0.6 is 11.8 Å². The zero-order valence-corrected chi connectivity index (χ0v) is 18.2. The number of likely N-dealkylation sites (tertiary alicyclic amines) is 1. The maximum Gasteiger partial charge on any atom is 0.178 e. The first-order valence-electron chi connectivity index (χ1n) is 11.0. The number of benzene rings is 2. The molecule has 2 aromatic carbocycles. The zero-order chi connectivity index (χ0) is 21.2. The molecule has 2 aliphatic heterocycles. The molecule has 31 heavy (non-hydrogen) atoms. The van der Waals surface area contributed by atoms with Crippen LogP contribution in [0.1, 0.15) is 41.7 Å². The van der Waals surface area contributed by atoms with Gasteiger partial charge in [0, 0.05) is 17.2 Å². The van der Waals surface area contributed by atoms with Crippen molar-refractivity contribution < 1.29 is 9.32 Å². The number of nitriles is 1. The number of allylic oxidation sites excluding steroid dienone is 2. The van der Waals surface area contributed by atoms with E-state index in [1.54, 1.807) is 11.8 Å². The normalized spacial score (nSPS) is 20.2. The average molecular weight is 432 g/mol. The van der Waals surface area contributed by atoms with Crippen molar-refractivity contribution in [2.75, 3.05) is 19.6 Å². The number of aromatic nitrogens is 1. The Hall–Kier alpha value is -2.62. The average Bonchev–Trinajstić information content (AvgIpc) is 3.43. The van der Waals surface area contributed by atoms with E-state index in [1.165, 1.54) is 12.8 Å². The van der Waals surface area contributed by atoms with E-state index in [2.05, 4.69) is 28.3 Å². The maximum atomic E-state index is 11.7. The number of aldehydes is 1. The smallest absolute Gasteiger partial charge is 0.178 e. The van der Waals surface area contributed by atoms with Crippen molar-refractivity contribution >= 4 is 39.8 Å². The Morgan fingerprint density at radius 3 is 2.87 bits per heavy atom. The highest BCUT2D eigenvalue weighted by molar-refractivity contribution is 8.04. The molecule has 0 N–H and O–H groups in total.